The second-order valence-electron chi connectivity index (χ2n) is 1.26. The summed E-state index contributed by atoms with van der Waals surface area (Å²) in [7, 11) is 0. The van der Waals surface area contributed by atoms with Gasteiger partial charge in [-0.25, -0.2) is 4.21 Å². The summed E-state index contributed by atoms with van der Waals surface area (Å²) in [6.45, 7) is 0. The highest BCUT2D eigenvalue weighted by atomic mass is 35.5. The first-order chi connectivity index (χ1) is 4.22. The average molecular weight is 192 g/mol. The predicted molar refractivity (Wildman–Crippen MR) is 39.1 cm³/mol. The van der Waals surface area contributed by atoms with E-state index in [0.29, 0.717) is 0 Å². The summed E-state index contributed by atoms with van der Waals surface area (Å²) in [6, 6.07) is 0.129. The molecule has 0 aliphatic carbocycles. The lowest BCUT2D eigenvalue weighted by Gasteiger charge is -2.07. The third-order valence-corrected chi connectivity index (χ3v) is 2.15. The van der Waals surface area contributed by atoms with Gasteiger partial charge in [-0.15, -0.1) is 23.2 Å². The molecule has 56 valence electrons. The zero-order valence-electron chi connectivity index (χ0n) is 4.51. The Morgan fingerprint density at radius 3 is 2.33 bits per heavy atom. The molecule has 9 heavy (non-hydrogen) atoms. The number of hydrogen-bond acceptors (Lipinski definition) is 2. The number of alkyl halides is 2. The fourth-order valence-electron chi connectivity index (χ4n) is 0.266. The fraction of sp³-hybridized carbons (Fsp3) is 1.00. The molecule has 2 unspecified atom stereocenters. The van der Waals surface area contributed by atoms with Crippen LogP contribution in [0.5, 0.6) is 0 Å². The van der Waals surface area contributed by atoms with Crippen molar-refractivity contribution in [3.05, 3.63) is 0 Å². The van der Waals surface area contributed by atoms with Crippen molar-refractivity contribution in [2.45, 2.75) is 5.37 Å². The first-order valence-electron chi connectivity index (χ1n) is 2.17. The van der Waals surface area contributed by atoms with Gasteiger partial charge in [0.15, 0.2) is 11.1 Å². The minimum absolute atomic E-state index is 0.0792. The van der Waals surface area contributed by atoms with Crippen LogP contribution in [0.4, 0.5) is 0 Å². The molecule has 0 aromatic heterocycles. The molecule has 0 amide bonds. The van der Waals surface area contributed by atoms with E-state index in [1.54, 1.807) is 0 Å². The van der Waals surface area contributed by atoms with Crippen LogP contribution in [-0.4, -0.2) is 26.0 Å². The van der Waals surface area contributed by atoms with E-state index in [-0.39, 0.29) is 11.9 Å². The summed E-state index contributed by atoms with van der Waals surface area (Å²) in [5.41, 5.74) is 0. The molecule has 3 nitrogen and oxygen atoms in total. The lowest BCUT2D eigenvalue weighted by atomic mass is 10.7. The van der Waals surface area contributed by atoms with E-state index >= 15 is 0 Å². The summed E-state index contributed by atoms with van der Waals surface area (Å²) in [5, 5.41) is 1.89. The highest BCUT2D eigenvalue weighted by molar-refractivity contribution is 7.79. The third kappa shape index (κ3) is 4.11. The van der Waals surface area contributed by atoms with E-state index in [0.717, 1.165) is 0 Å². The summed E-state index contributed by atoms with van der Waals surface area (Å²) >= 11 is 8.54. The Balaban J connectivity index is 3.54. The van der Waals surface area contributed by atoms with Crippen molar-refractivity contribution in [1.82, 2.24) is 5.32 Å². The van der Waals surface area contributed by atoms with E-state index in [1.807, 2.05) is 0 Å². The van der Waals surface area contributed by atoms with E-state index in [9.17, 15) is 4.21 Å². The second-order valence-corrected chi connectivity index (χ2v) is 2.95. The van der Waals surface area contributed by atoms with Gasteiger partial charge in [-0.2, -0.15) is 0 Å². The van der Waals surface area contributed by atoms with Crippen molar-refractivity contribution in [1.29, 1.82) is 0 Å². The number of halogens is 2. The molecule has 0 radical (unpaired) electrons. The van der Waals surface area contributed by atoms with Crippen molar-refractivity contribution >= 4 is 34.3 Å². The van der Waals surface area contributed by atoms with Crippen molar-refractivity contribution in [3.63, 3.8) is 0 Å². The molecule has 0 rings (SSSR count). The SMILES string of the molecule is O=S(O)C(CCl)NCCl. The van der Waals surface area contributed by atoms with E-state index in [2.05, 4.69) is 5.32 Å². The standard InChI is InChI=1S/C3H7Cl2NO2S/c4-1-3(6-2-5)9(7)8/h3,6H,1-2H2,(H,7,8). The second kappa shape index (κ2) is 5.44. The zero-order valence-corrected chi connectivity index (χ0v) is 6.84. The molecule has 0 saturated heterocycles. The van der Waals surface area contributed by atoms with E-state index in [1.165, 1.54) is 0 Å². The molecule has 0 aromatic rings. The smallest absolute Gasteiger partial charge is 0.171 e. The van der Waals surface area contributed by atoms with Crippen LogP contribution in [0.15, 0.2) is 0 Å². The van der Waals surface area contributed by atoms with Gasteiger partial charge in [-0.3, -0.25) is 5.32 Å². The highest BCUT2D eigenvalue weighted by Gasteiger charge is 2.10. The molecule has 0 aliphatic heterocycles. The molecule has 2 N–H and O–H groups in total. The first-order valence-corrected chi connectivity index (χ1v) is 4.41. The van der Waals surface area contributed by atoms with Gasteiger partial charge >= 0.3 is 0 Å². The number of rotatable bonds is 4. The molecule has 0 spiro atoms. The number of nitrogens with one attached hydrogen (secondary N) is 1. The maximum Gasteiger partial charge on any atom is 0.171 e. The molecule has 2 atom stereocenters. The van der Waals surface area contributed by atoms with Crippen LogP contribution in [0.25, 0.3) is 0 Å². The Bertz CT molecular complexity index is 102. The van der Waals surface area contributed by atoms with Crippen LogP contribution < -0.4 is 5.32 Å². The average Bonchev–Trinajstić information content (AvgIpc) is 1.82. The Labute approximate surface area is 66.0 Å². The van der Waals surface area contributed by atoms with Crippen LogP contribution in [-0.2, 0) is 11.1 Å². The van der Waals surface area contributed by atoms with Crippen molar-refractivity contribution < 1.29 is 8.76 Å². The van der Waals surface area contributed by atoms with Gasteiger partial charge in [0.1, 0.15) is 5.37 Å². The van der Waals surface area contributed by atoms with Crippen LogP contribution in [0.1, 0.15) is 0 Å². The molecule has 0 fully saturated rings. The lowest BCUT2D eigenvalue weighted by molar-refractivity contribution is 0.540. The maximum atomic E-state index is 10.2. The minimum atomic E-state index is -1.93. The van der Waals surface area contributed by atoms with Gasteiger partial charge in [0, 0.05) is 0 Å². The van der Waals surface area contributed by atoms with Gasteiger partial charge < -0.3 is 4.55 Å². The largest absolute Gasteiger partial charge is 0.305 e. The van der Waals surface area contributed by atoms with Crippen molar-refractivity contribution in [2.24, 2.45) is 0 Å². The van der Waals surface area contributed by atoms with Crippen molar-refractivity contribution in [3.8, 4) is 0 Å². The third-order valence-electron chi connectivity index (χ3n) is 0.688. The maximum absolute atomic E-state index is 10.2. The summed E-state index contributed by atoms with van der Waals surface area (Å²) in [5.74, 6) is 0.0792. The minimum Gasteiger partial charge on any atom is -0.305 e. The Morgan fingerprint density at radius 1 is 1.67 bits per heavy atom. The number of hydrogen-bond donors (Lipinski definition) is 2. The monoisotopic (exact) mass is 191 g/mol. The van der Waals surface area contributed by atoms with Gasteiger partial charge in [0.25, 0.3) is 0 Å². The molecule has 0 aliphatic rings. The fourth-order valence-corrected chi connectivity index (χ4v) is 1.31. The molecule has 0 saturated carbocycles. The normalized spacial score (nSPS) is 17.2. The van der Waals surface area contributed by atoms with E-state index in [4.69, 9.17) is 27.8 Å². The molecular formula is C3H7Cl2NO2S. The van der Waals surface area contributed by atoms with Crippen LogP contribution in [0.2, 0.25) is 0 Å². The molecule has 6 heteroatoms. The lowest BCUT2D eigenvalue weighted by Crippen LogP contribution is -2.33. The van der Waals surface area contributed by atoms with Gasteiger partial charge in [0.2, 0.25) is 0 Å². The summed E-state index contributed by atoms with van der Waals surface area (Å²) < 4.78 is 18.6. The Kier molecular flexibility index (Phi) is 5.83. The van der Waals surface area contributed by atoms with Crippen LogP contribution in [0.3, 0.4) is 0 Å². The van der Waals surface area contributed by atoms with Gasteiger partial charge in [0.05, 0.1) is 11.9 Å². The van der Waals surface area contributed by atoms with Crippen LogP contribution >= 0.6 is 23.2 Å². The molecular weight excluding hydrogens is 185 g/mol. The Morgan fingerprint density at radius 2 is 2.22 bits per heavy atom. The van der Waals surface area contributed by atoms with Crippen molar-refractivity contribution in [2.75, 3.05) is 11.9 Å². The molecule has 0 heterocycles. The topological polar surface area (TPSA) is 49.3 Å². The van der Waals surface area contributed by atoms with Crippen LogP contribution in [0, 0.1) is 0 Å². The van der Waals surface area contributed by atoms with E-state index < -0.39 is 16.5 Å². The predicted octanol–water partition coefficient (Wildman–Crippen LogP) is 0.559. The highest BCUT2D eigenvalue weighted by Crippen LogP contribution is 1.92. The Hall–Kier alpha value is 0.650. The van der Waals surface area contributed by atoms with Gasteiger partial charge in [-0.05, 0) is 0 Å². The summed E-state index contributed by atoms with van der Waals surface area (Å²) in [6.07, 6.45) is 0. The molecule has 0 aromatic carbocycles. The molecule has 0 bridgehead atoms. The first kappa shape index (κ1) is 9.65. The summed E-state index contributed by atoms with van der Waals surface area (Å²) in [4.78, 5) is 0. The quantitative estimate of drug-likeness (QED) is 0.388. The zero-order chi connectivity index (χ0) is 7.28. The van der Waals surface area contributed by atoms with Gasteiger partial charge in [-0.1, -0.05) is 0 Å².